The van der Waals surface area contributed by atoms with Gasteiger partial charge in [0.15, 0.2) is 0 Å². The van der Waals surface area contributed by atoms with Crippen LogP contribution < -0.4 is 16.0 Å². The fraction of sp³-hybridized carbons (Fsp3) is 0.200. The van der Waals surface area contributed by atoms with Crippen molar-refractivity contribution < 1.29 is 4.74 Å². The van der Waals surface area contributed by atoms with E-state index in [0.717, 1.165) is 23.3 Å². The average molecular weight is 309 g/mol. The molecule has 2 aromatic rings. The molecule has 104 valence electrons. The van der Waals surface area contributed by atoms with Crippen LogP contribution in [0, 0.1) is 0 Å². The predicted octanol–water partition coefficient (Wildman–Crippen LogP) is 3.48. The van der Waals surface area contributed by atoms with Gasteiger partial charge in [0.05, 0.1) is 12.6 Å². The molecule has 1 aliphatic heterocycles. The van der Waals surface area contributed by atoms with E-state index in [4.69, 9.17) is 33.8 Å². The van der Waals surface area contributed by atoms with Crippen molar-refractivity contribution in [3.05, 3.63) is 63.1 Å². The molecule has 0 amide bonds. The van der Waals surface area contributed by atoms with E-state index in [0.29, 0.717) is 16.7 Å². The summed E-state index contributed by atoms with van der Waals surface area (Å²) in [7, 11) is 0. The number of nitrogens with two attached hydrogens (primary N) is 1. The summed E-state index contributed by atoms with van der Waals surface area (Å²) < 4.78 is 5.73. The Kier molecular flexibility index (Phi) is 3.85. The fourth-order valence-corrected chi connectivity index (χ4v) is 3.12. The van der Waals surface area contributed by atoms with Gasteiger partial charge in [-0.05, 0) is 29.3 Å². The Bertz CT molecular complexity index is 626. The number of hydrogen-bond donors (Lipinski definition) is 2. The summed E-state index contributed by atoms with van der Waals surface area (Å²) in [6.07, 6.45) is 0.927. The Labute approximate surface area is 127 Å². The monoisotopic (exact) mass is 308 g/mol. The minimum absolute atomic E-state index is 0.209. The smallest absolute Gasteiger partial charge is 0.127 e. The lowest BCUT2D eigenvalue weighted by Gasteiger charge is -2.20. The van der Waals surface area contributed by atoms with E-state index in [-0.39, 0.29) is 6.04 Å². The Hall–Kier alpha value is -1.26. The van der Waals surface area contributed by atoms with Gasteiger partial charge in [-0.25, -0.2) is 5.43 Å². The van der Waals surface area contributed by atoms with Gasteiger partial charge in [0, 0.05) is 22.0 Å². The van der Waals surface area contributed by atoms with Crippen molar-refractivity contribution in [1.82, 2.24) is 5.43 Å². The Balaban J connectivity index is 2.08. The van der Waals surface area contributed by atoms with Crippen LogP contribution in [0.1, 0.15) is 22.7 Å². The zero-order chi connectivity index (χ0) is 14.1. The first-order valence-corrected chi connectivity index (χ1v) is 7.11. The molecule has 1 heterocycles. The number of hydrazine groups is 1. The molecular weight excluding hydrogens is 295 g/mol. The molecule has 3 rings (SSSR count). The summed E-state index contributed by atoms with van der Waals surface area (Å²) in [6.45, 7) is 0.708. The van der Waals surface area contributed by atoms with Crippen LogP contribution in [-0.2, 0) is 6.42 Å². The van der Waals surface area contributed by atoms with E-state index < -0.39 is 0 Å². The van der Waals surface area contributed by atoms with E-state index >= 15 is 0 Å². The van der Waals surface area contributed by atoms with Gasteiger partial charge < -0.3 is 4.74 Å². The molecule has 20 heavy (non-hydrogen) atoms. The van der Waals surface area contributed by atoms with Gasteiger partial charge in [-0.1, -0.05) is 41.4 Å². The van der Waals surface area contributed by atoms with Gasteiger partial charge in [-0.15, -0.1) is 0 Å². The molecule has 0 aromatic heterocycles. The third kappa shape index (κ3) is 2.50. The van der Waals surface area contributed by atoms with E-state index in [2.05, 4.69) is 11.5 Å². The summed E-state index contributed by atoms with van der Waals surface area (Å²) in [5.74, 6) is 6.65. The van der Waals surface area contributed by atoms with Crippen LogP contribution in [0.5, 0.6) is 5.75 Å². The molecule has 0 bridgehead atoms. The van der Waals surface area contributed by atoms with Crippen LogP contribution in [0.4, 0.5) is 0 Å². The second-order valence-electron chi connectivity index (χ2n) is 4.74. The number of ether oxygens (including phenoxy) is 1. The largest absolute Gasteiger partial charge is 0.493 e. The molecule has 0 saturated heterocycles. The highest BCUT2D eigenvalue weighted by molar-refractivity contribution is 6.34. The molecule has 1 atom stereocenters. The number of nitrogens with one attached hydrogen (secondary N) is 1. The lowest BCUT2D eigenvalue weighted by Crippen LogP contribution is -2.29. The third-order valence-corrected chi connectivity index (χ3v) is 3.88. The van der Waals surface area contributed by atoms with Gasteiger partial charge in [0.25, 0.3) is 0 Å². The molecule has 0 aliphatic carbocycles. The SMILES string of the molecule is NNC(c1cc(Cl)cc(Cl)c1)c1cccc2c1OCC2. The maximum Gasteiger partial charge on any atom is 0.127 e. The summed E-state index contributed by atoms with van der Waals surface area (Å²) in [5.41, 5.74) is 5.94. The maximum absolute atomic E-state index is 6.07. The lowest BCUT2D eigenvalue weighted by molar-refractivity contribution is 0.350. The van der Waals surface area contributed by atoms with Crippen molar-refractivity contribution in [3.63, 3.8) is 0 Å². The Morgan fingerprint density at radius 1 is 1.15 bits per heavy atom. The maximum atomic E-state index is 6.07. The number of fused-ring (bicyclic) bond motifs is 1. The second-order valence-corrected chi connectivity index (χ2v) is 5.61. The molecule has 0 spiro atoms. The van der Waals surface area contributed by atoms with E-state index in [1.165, 1.54) is 5.56 Å². The number of halogens is 2. The van der Waals surface area contributed by atoms with Crippen molar-refractivity contribution in [2.45, 2.75) is 12.5 Å². The van der Waals surface area contributed by atoms with Crippen LogP contribution in [-0.4, -0.2) is 6.61 Å². The number of benzene rings is 2. The summed E-state index contributed by atoms with van der Waals surface area (Å²) >= 11 is 12.1. The van der Waals surface area contributed by atoms with Crippen molar-refractivity contribution >= 4 is 23.2 Å². The van der Waals surface area contributed by atoms with Gasteiger partial charge >= 0.3 is 0 Å². The lowest BCUT2D eigenvalue weighted by atomic mass is 9.96. The Morgan fingerprint density at radius 2 is 1.90 bits per heavy atom. The standard InChI is InChI=1S/C15H14Cl2N2O/c16-11-6-10(7-12(17)8-11)14(19-18)13-3-1-2-9-4-5-20-15(9)13/h1-3,6-8,14,19H,4-5,18H2. The number of hydrogen-bond acceptors (Lipinski definition) is 3. The van der Waals surface area contributed by atoms with Crippen LogP contribution in [0.15, 0.2) is 36.4 Å². The highest BCUT2D eigenvalue weighted by Gasteiger charge is 2.23. The molecule has 5 heteroatoms. The van der Waals surface area contributed by atoms with Gasteiger partial charge in [0.1, 0.15) is 5.75 Å². The first-order valence-electron chi connectivity index (χ1n) is 6.36. The molecule has 2 aromatic carbocycles. The quantitative estimate of drug-likeness (QED) is 0.674. The highest BCUT2D eigenvalue weighted by atomic mass is 35.5. The normalized spacial score (nSPS) is 14.8. The molecule has 0 radical (unpaired) electrons. The van der Waals surface area contributed by atoms with Gasteiger partial charge in [-0.3, -0.25) is 5.84 Å². The zero-order valence-corrected chi connectivity index (χ0v) is 12.2. The molecular formula is C15H14Cl2N2O. The number of para-hydroxylation sites is 1. The summed E-state index contributed by atoms with van der Waals surface area (Å²) in [6, 6.07) is 11.3. The van der Waals surface area contributed by atoms with Gasteiger partial charge in [-0.2, -0.15) is 0 Å². The van der Waals surface area contributed by atoms with Crippen LogP contribution >= 0.6 is 23.2 Å². The van der Waals surface area contributed by atoms with Crippen molar-refractivity contribution in [1.29, 1.82) is 0 Å². The third-order valence-electron chi connectivity index (χ3n) is 3.44. The zero-order valence-electron chi connectivity index (χ0n) is 10.7. The minimum Gasteiger partial charge on any atom is -0.493 e. The number of rotatable bonds is 3. The molecule has 1 aliphatic rings. The molecule has 3 nitrogen and oxygen atoms in total. The first-order chi connectivity index (χ1) is 9.69. The highest BCUT2D eigenvalue weighted by Crippen LogP contribution is 2.37. The minimum atomic E-state index is -0.209. The summed E-state index contributed by atoms with van der Waals surface area (Å²) in [4.78, 5) is 0. The van der Waals surface area contributed by atoms with E-state index in [1.54, 1.807) is 6.07 Å². The molecule has 0 saturated carbocycles. The van der Waals surface area contributed by atoms with Gasteiger partial charge in [0.2, 0.25) is 0 Å². The second kappa shape index (κ2) is 5.62. The first kappa shape index (κ1) is 13.7. The van der Waals surface area contributed by atoms with E-state index in [1.807, 2.05) is 24.3 Å². The topological polar surface area (TPSA) is 47.3 Å². The van der Waals surface area contributed by atoms with Crippen molar-refractivity contribution in [2.24, 2.45) is 5.84 Å². The van der Waals surface area contributed by atoms with E-state index in [9.17, 15) is 0 Å². The van der Waals surface area contributed by atoms with Crippen LogP contribution in [0.25, 0.3) is 0 Å². The molecule has 3 N–H and O–H groups in total. The predicted molar refractivity (Wildman–Crippen MR) is 81.3 cm³/mol. The van der Waals surface area contributed by atoms with Crippen molar-refractivity contribution in [2.75, 3.05) is 6.61 Å². The summed E-state index contributed by atoms with van der Waals surface area (Å²) in [5, 5.41) is 1.17. The van der Waals surface area contributed by atoms with Crippen LogP contribution in [0.2, 0.25) is 10.0 Å². The van der Waals surface area contributed by atoms with Crippen LogP contribution in [0.3, 0.4) is 0 Å². The van der Waals surface area contributed by atoms with Crippen molar-refractivity contribution in [3.8, 4) is 5.75 Å². The molecule has 1 unspecified atom stereocenters. The fourth-order valence-electron chi connectivity index (χ4n) is 2.58. The average Bonchev–Trinajstić information content (AvgIpc) is 2.87. The molecule has 0 fully saturated rings. The Morgan fingerprint density at radius 3 is 2.60 bits per heavy atom.